The number of hydrogen-bond donors (Lipinski definition) is 3. The number of imidazole rings is 1. The van der Waals surface area contributed by atoms with Crippen molar-refractivity contribution in [2.24, 2.45) is 0 Å². The van der Waals surface area contributed by atoms with E-state index in [0.717, 1.165) is 0 Å². The fraction of sp³-hybridized carbons (Fsp3) is 0.500. The monoisotopic (exact) mass is 522 g/mol. The summed E-state index contributed by atoms with van der Waals surface area (Å²) in [5.74, 6) is -0.0254. The van der Waals surface area contributed by atoms with Gasteiger partial charge in [-0.25, -0.2) is 4.98 Å². The first-order valence-corrected chi connectivity index (χ1v) is 10.8. The Labute approximate surface area is 248 Å². The number of aliphatic hydroxyl groups excluding tert-OH is 2. The number of fused-ring (bicyclic) bond motifs is 1. The third-order valence-electron chi connectivity index (χ3n) is 3.67. The van der Waals surface area contributed by atoms with E-state index in [9.17, 15) is 29.1 Å². The molecule has 14 nitrogen and oxygen atoms in total. The van der Waals surface area contributed by atoms with Crippen LogP contribution in [0.5, 0.6) is 0 Å². The Morgan fingerprint density at radius 2 is 1.87 bits per heavy atom. The number of anilines is 1. The van der Waals surface area contributed by atoms with Gasteiger partial charge in [-0.1, -0.05) is 0 Å². The van der Waals surface area contributed by atoms with E-state index in [1.54, 1.807) is 0 Å². The summed E-state index contributed by atoms with van der Waals surface area (Å²) in [5, 5.41) is 20.2. The van der Waals surface area contributed by atoms with Crippen molar-refractivity contribution in [1.29, 1.82) is 0 Å². The molecule has 0 aromatic carbocycles. The van der Waals surface area contributed by atoms with E-state index < -0.39 is 46.4 Å². The molecule has 1 fully saturated rings. The summed E-state index contributed by atoms with van der Waals surface area (Å²) in [4.78, 5) is 32.6. The van der Waals surface area contributed by atoms with Gasteiger partial charge in [0.1, 0.15) is 23.8 Å². The Kier molecular flexibility index (Phi) is 13.5. The molecule has 2 aromatic heterocycles. The number of nitrogens with zero attached hydrogens (tertiary/aromatic N) is 4. The van der Waals surface area contributed by atoms with Crippen LogP contribution in [-0.4, -0.2) is 62.2 Å². The van der Waals surface area contributed by atoms with Crippen molar-refractivity contribution in [3.8, 4) is 0 Å². The zero-order chi connectivity index (χ0) is 20.9. The number of ether oxygens (including phenoxy) is 1. The number of rotatable bonds is 6. The number of phosphoric acid groups is 1. The molecule has 31 heavy (non-hydrogen) atoms. The zero-order valence-corrected chi connectivity index (χ0v) is 25.1. The van der Waals surface area contributed by atoms with Crippen LogP contribution >= 0.6 is 26.9 Å². The van der Waals surface area contributed by atoms with Gasteiger partial charge in [0.15, 0.2) is 17.7 Å². The van der Waals surface area contributed by atoms with Crippen LogP contribution in [0.15, 0.2) is 6.33 Å². The molecule has 21 heteroatoms. The van der Waals surface area contributed by atoms with Gasteiger partial charge in [0.05, 0.1) is 28.2 Å². The number of aliphatic hydroxyl groups is 2. The normalized spacial score (nSPS) is 25.2. The molecule has 3 radical (unpaired) electrons. The molecule has 0 spiro atoms. The van der Waals surface area contributed by atoms with E-state index in [4.69, 9.17) is 29.6 Å². The van der Waals surface area contributed by atoms with E-state index in [0.29, 0.717) is 0 Å². The van der Waals surface area contributed by atoms with Gasteiger partial charge in [-0.05, 0) is 11.6 Å². The Hall–Kier alpha value is 1.88. The van der Waals surface area contributed by atoms with E-state index in [-0.39, 0.29) is 111 Å². The minimum atomic E-state index is -5.68. The van der Waals surface area contributed by atoms with Crippen LogP contribution in [-0.2, 0) is 22.7 Å². The van der Waals surface area contributed by atoms with E-state index in [2.05, 4.69) is 23.8 Å². The average molecular weight is 522 g/mol. The summed E-state index contributed by atoms with van der Waals surface area (Å²) in [7, 11) is -5.48. The van der Waals surface area contributed by atoms with Crippen molar-refractivity contribution in [3.05, 3.63) is 11.6 Å². The number of aromatic nitrogens is 4. The quantitative estimate of drug-likeness (QED) is 0.183. The summed E-state index contributed by atoms with van der Waals surface area (Å²) < 4.78 is 37.0. The topological polar surface area (TPSA) is 218 Å². The molecule has 4 N–H and O–H groups in total. The third-order valence-corrected chi connectivity index (χ3v) is 6.05. The van der Waals surface area contributed by atoms with E-state index in [1.165, 1.54) is 10.9 Å². The summed E-state index contributed by atoms with van der Waals surface area (Å²) >= 11 is 5.76. The fourth-order valence-electron chi connectivity index (χ4n) is 2.53. The second-order valence-corrected chi connectivity index (χ2v) is 8.84. The van der Waals surface area contributed by atoms with Crippen molar-refractivity contribution >= 4 is 51.4 Å². The molecule has 2 aromatic rings. The minimum absolute atomic E-state index is 0. The average Bonchev–Trinajstić information content (AvgIpc) is 3.06. The van der Waals surface area contributed by atoms with E-state index >= 15 is 0 Å². The smallest absolute Gasteiger partial charge is 0.790 e. The van der Waals surface area contributed by atoms with Crippen molar-refractivity contribution < 1.29 is 131 Å². The van der Waals surface area contributed by atoms with Crippen LogP contribution in [0.25, 0.3) is 11.2 Å². The van der Waals surface area contributed by atoms with Gasteiger partial charge in [0.25, 0.3) is 0 Å². The molecule has 1 aliphatic rings. The molecule has 0 saturated carbocycles. The molecule has 3 heterocycles. The van der Waals surface area contributed by atoms with Crippen LogP contribution in [0.1, 0.15) is 6.23 Å². The van der Waals surface area contributed by atoms with Crippen molar-refractivity contribution in [1.82, 2.24) is 19.5 Å². The summed E-state index contributed by atoms with van der Waals surface area (Å²) in [6.07, 6.45) is -4.49. The van der Waals surface area contributed by atoms with Gasteiger partial charge in [0, 0.05) is 0 Å². The first kappa shape index (κ1) is 32.9. The standard InChI is InChI=1S/C10H13BClN5O9P2.3Na/c11-27(20,26-28(21,22)23)24-1-3-5(18)6(19)9(25-3)17-2-14-4-7(13)15-10(12)16-8(4)17;;;/h2-3,5-6,9,18-19H,1H2,(H2,13,15,16)(H2,21,22,23);;;/q-1;3*+1/p-2/t3-,5-,6-,9-,27-;;;/m1.../s1. The predicted octanol–water partition coefficient (Wildman–Crippen LogP) is -11.2. The summed E-state index contributed by atoms with van der Waals surface area (Å²) in [5.41, 5.74) is 5.95. The van der Waals surface area contributed by atoms with Crippen LogP contribution in [0.4, 0.5) is 5.82 Å². The maximum atomic E-state index is 11.6. The second-order valence-electron chi connectivity index (χ2n) is 5.61. The van der Waals surface area contributed by atoms with Gasteiger partial charge in [-0.15, -0.1) is 0 Å². The fourth-order valence-corrected chi connectivity index (χ4v) is 4.36. The molecule has 153 valence electrons. The molecule has 5 atom stereocenters. The summed E-state index contributed by atoms with van der Waals surface area (Å²) in [6.45, 7) is -0.771. The van der Waals surface area contributed by atoms with Gasteiger partial charge in [0.2, 0.25) is 5.28 Å². The molecule has 0 aliphatic carbocycles. The van der Waals surface area contributed by atoms with Crippen LogP contribution in [0.2, 0.25) is 5.28 Å². The van der Waals surface area contributed by atoms with Crippen LogP contribution in [0.3, 0.4) is 0 Å². The maximum absolute atomic E-state index is 11.6. The Balaban J connectivity index is 0.00000300. The SMILES string of the molecule is [B-][P@@](=O)(OC[C@H]1O[C@@H](n2cnc3c(N)nc(Cl)nc32)[C@H](O)[C@@H]1O)OP(=O)([O-])[O-].[Na+].[Na+].[Na+]. The van der Waals surface area contributed by atoms with Crippen molar-refractivity contribution in [2.45, 2.75) is 24.5 Å². The largest absolute Gasteiger partial charge is 1.00 e. The van der Waals surface area contributed by atoms with Crippen LogP contribution in [0, 0.1) is 0 Å². The van der Waals surface area contributed by atoms with E-state index in [1.807, 2.05) is 0 Å². The van der Waals surface area contributed by atoms with Gasteiger partial charge in [-0.3, -0.25) is 4.57 Å². The molecule has 0 unspecified atom stereocenters. The molecule has 1 aliphatic heterocycles. The van der Waals surface area contributed by atoms with Crippen LogP contribution < -0.4 is 104 Å². The Morgan fingerprint density at radius 3 is 2.45 bits per heavy atom. The molecule has 1 saturated heterocycles. The molecular weight excluding hydrogens is 511 g/mol. The number of nitrogen functional groups attached to an aromatic ring is 1. The first-order chi connectivity index (χ1) is 12.9. The third kappa shape index (κ3) is 8.21. The zero-order valence-electron chi connectivity index (χ0n) is 16.6. The van der Waals surface area contributed by atoms with Crippen molar-refractivity contribution in [2.75, 3.05) is 12.3 Å². The van der Waals surface area contributed by atoms with Gasteiger partial charge >= 0.3 is 88.7 Å². The number of hydrogen-bond acceptors (Lipinski definition) is 13. The summed E-state index contributed by atoms with van der Waals surface area (Å²) in [6, 6.07) is 0. The second kappa shape index (κ2) is 12.7. The first-order valence-electron chi connectivity index (χ1n) is 7.31. The maximum Gasteiger partial charge on any atom is 1.00 e. The molecule has 0 bridgehead atoms. The van der Waals surface area contributed by atoms with Crippen molar-refractivity contribution in [3.63, 3.8) is 0 Å². The Morgan fingerprint density at radius 1 is 1.26 bits per heavy atom. The Bertz CT molecular complexity index is 1000. The van der Waals surface area contributed by atoms with Gasteiger partial charge < -0.3 is 56.0 Å². The molecule has 3 rings (SSSR count). The van der Waals surface area contributed by atoms with Gasteiger partial charge in [-0.2, -0.15) is 9.97 Å². The minimum Gasteiger partial charge on any atom is -0.790 e. The number of nitrogens with two attached hydrogens (primary N) is 1. The number of halogens is 1. The predicted molar refractivity (Wildman–Crippen MR) is 88.7 cm³/mol. The molecular formula is C10H11BClN5Na3O9P2. The molecule has 0 amide bonds.